The van der Waals surface area contributed by atoms with Crippen molar-refractivity contribution >= 4 is 39.7 Å². The normalized spacial score (nSPS) is 9.60. The molecule has 2 N–H and O–H groups in total. The lowest BCUT2D eigenvalue weighted by Crippen LogP contribution is -1.89. The molecule has 0 aliphatic heterocycles. The second kappa shape index (κ2) is 5.14. The Bertz CT molecular complexity index is 471. The number of nitrogen functional groups attached to an aromatic ring is 1. The van der Waals surface area contributed by atoms with Gasteiger partial charge in [-0.15, -0.1) is 10.2 Å². The van der Waals surface area contributed by atoms with Gasteiger partial charge in [0.25, 0.3) is 0 Å². The Kier molecular flexibility index (Phi) is 4.12. The molecule has 0 radical (unpaired) electrons. The third kappa shape index (κ3) is 2.49. The number of halogens is 2. The molecule has 15 heavy (non-hydrogen) atoms. The average Bonchev–Trinajstić information content (AvgIpc) is 2.27. The van der Waals surface area contributed by atoms with Crippen molar-refractivity contribution in [2.75, 3.05) is 5.73 Å². The molecule has 0 aliphatic carbocycles. The third-order valence-electron chi connectivity index (χ3n) is 1.71. The van der Waals surface area contributed by atoms with Crippen molar-refractivity contribution in [1.82, 2.24) is 10.2 Å². The lowest BCUT2D eigenvalue weighted by atomic mass is 10.2. The first-order valence-corrected chi connectivity index (χ1v) is 5.31. The fourth-order valence-electron chi connectivity index (χ4n) is 1.11. The zero-order chi connectivity index (χ0) is 11.4. The monoisotopic (exact) mass is 243 g/mol. The van der Waals surface area contributed by atoms with E-state index in [1.165, 1.54) is 0 Å². The number of benzene rings is 1. The van der Waals surface area contributed by atoms with Gasteiger partial charge >= 0.3 is 0 Å². The lowest BCUT2D eigenvalue weighted by Gasteiger charge is -2.01. The fourth-order valence-corrected chi connectivity index (χ4v) is 1.50. The maximum absolute atomic E-state index is 5.81. The summed E-state index contributed by atoms with van der Waals surface area (Å²) in [6, 6.07) is 5.23. The van der Waals surface area contributed by atoms with Crippen LogP contribution in [-0.4, -0.2) is 10.2 Å². The number of aromatic nitrogens is 2. The Morgan fingerprint density at radius 3 is 2.13 bits per heavy atom. The molecule has 1 aromatic carbocycles. The molecule has 1 aromatic heterocycles. The van der Waals surface area contributed by atoms with Gasteiger partial charge in [0.2, 0.25) is 0 Å². The molecule has 0 amide bonds. The molecule has 0 saturated carbocycles. The first-order valence-electron chi connectivity index (χ1n) is 4.55. The highest BCUT2D eigenvalue weighted by Gasteiger charge is 2.05. The largest absolute Gasteiger partial charge is 0.399 e. The number of anilines is 1. The van der Waals surface area contributed by atoms with E-state index in [9.17, 15) is 0 Å². The molecule has 5 heteroatoms. The highest BCUT2D eigenvalue weighted by atomic mass is 35.5. The summed E-state index contributed by atoms with van der Waals surface area (Å²) >= 11 is 11.6. The van der Waals surface area contributed by atoms with E-state index in [4.69, 9.17) is 28.9 Å². The molecule has 0 saturated heterocycles. The molecular weight excluding hydrogens is 233 g/mol. The minimum absolute atomic E-state index is 0.312. The van der Waals surface area contributed by atoms with Gasteiger partial charge in [-0.3, -0.25) is 0 Å². The molecular formula is C10H11Cl2N3. The van der Waals surface area contributed by atoms with Gasteiger partial charge < -0.3 is 5.73 Å². The van der Waals surface area contributed by atoms with Crippen LogP contribution in [0.4, 0.5) is 5.69 Å². The van der Waals surface area contributed by atoms with Crippen LogP contribution in [0.5, 0.6) is 0 Å². The molecule has 2 aromatic rings. The van der Waals surface area contributed by atoms with Gasteiger partial charge in [0.05, 0.1) is 0 Å². The summed E-state index contributed by atoms with van der Waals surface area (Å²) in [5, 5.41) is 9.48. The molecule has 3 nitrogen and oxygen atoms in total. The number of nitrogens with two attached hydrogens (primary N) is 1. The van der Waals surface area contributed by atoms with Gasteiger partial charge in [0, 0.05) is 16.5 Å². The first-order chi connectivity index (χ1) is 7.18. The number of hydrogen-bond donors (Lipinski definition) is 1. The van der Waals surface area contributed by atoms with E-state index in [-0.39, 0.29) is 0 Å². The predicted molar refractivity (Wildman–Crippen MR) is 65.3 cm³/mol. The SMILES string of the molecule is CC.Nc1ccc2c(Cl)nnc(Cl)c2c1. The summed E-state index contributed by atoms with van der Waals surface area (Å²) < 4.78 is 0. The highest BCUT2D eigenvalue weighted by Crippen LogP contribution is 2.27. The van der Waals surface area contributed by atoms with Crippen molar-refractivity contribution in [1.29, 1.82) is 0 Å². The molecule has 0 atom stereocenters. The Morgan fingerprint density at radius 2 is 1.53 bits per heavy atom. The van der Waals surface area contributed by atoms with Gasteiger partial charge in [-0.2, -0.15) is 0 Å². The topological polar surface area (TPSA) is 51.8 Å². The summed E-state index contributed by atoms with van der Waals surface area (Å²) in [7, 11) is 0. The van der Waals surface area contributed by atoms with Crippen molar-refractivity contribution < 1.29 is 0 Å². The van der Waals surface area contributed by atoms with E-state index in [1.54, 1.807) is 18.2 Å². The van der Waals surface area contributed by atoms with E-state index in [2.05, 4.69) is 10.2 Å². The molecule has 80 valence electrons. The van der Waals surface area contributed by atoms with E-state index < -0.39 is 0 Å². The molecule has 0 bridgehead atoms. The zero-order valence-electron chi connectivity index (χ0n) is 8.46. The quantitative estimate of drug-likeness (QED) is 0.721. The summed E-state index contributed by atoms with van der Waals surface area (Å²) in [5.41, 5.74) is 6.22. The summed E-state index contributed by atoms with van der Waals surface area (Å²) in [4.78, 5) is 0. The van der Waals surface area contributed by atoms with Gasteiger partial charge in [0.15, 0.2) is 10.3 Å². The Balaban J connectivity index is 0.000000531. The number of rotatable bonds is 0. The summed E-state index contributed by atoms with van der Waals surface area (Å²) in [5.74, 6) is 0. The van der Waals surface area contributed by atoms with E-state index in [0.717, 1.165) is 10.8 Å². The Morgan fingerprint density at radius 1 is 1.00 bits per heavy atom. The van der Waals surface area contributed by atoms with Crippen LogP contribution in [0, 0.1) is 0 Å². The standard InChI is InChI=1S/C8H5Cl2N3.C2H6/c9-7-5-2-1-4(11)3-6(5)8(10)13-12-7;1-2/h1-3H,11H2;1-2H3. The minimum Gasteiger partial charge on any atom is -0.399 e. The van der Waals surface area contributed by atoms with E-state index in [1.807, 2.05) is 13.8 Å². The van der Waals surface area contributed by atoms with Crippen molar-refractivity contribution in [3.05, 3.63) is 28.5 Å². The highest BCUT2D eigenvalue weighted by molar-refractivity contribution is 6.38. The van der Waals surface area contributed by atoms with E-state index >= 15 is 0 Å². The lowest BCUT2D eigenvalue weighted by molar-refractivity contribution is 1.05. The van der Waals surface area contributed by atoms with Gasteiger partial charge in [-0.25, -0.2) is 0 Å². The second-order valence-electron chi connectivity index (χ2n) is 2.59. The molecule has 0 aliphatic rings. The van der Waals surface area contributed by atoms with Crippen LogP contribution in [0.25, 0.3) is 10.8 Å². The van der Waals surface area contributed by atoms with Crippen LogP contribution in [0.3, 0.4) is 0 Å². The average molecular weight is 244 g/mol. The summed E-state index contributed by atoms with van der Waals surface area (Å²) in [6.07, 6.45) is 0. The second-order valence-corrected chi connectivity index (χ2v) is 3.30. The molecule has 0 spiro atoms. The minimum atomic E-state index is 0.312. The molecule has 0 unspecified atom stereocenters. The molecule has 1 heterocycles. The van der Waals surface area contributed by atoms with Crippen molar-refractivity contribution in [2.24, 2.45) is 0 Å². The van der Waals surface area contributed by atoms with Gasteiger partial charge in [-0.05, 0) is 18.2 Å². The van der Waals surface area contributed by atoms with Crippen molar-refractivity contribution in [3.63, 3.8) is 0 Å². The van der Waals surface area contributed by atoms with E-state index in [0.29, 0.717) is 16.0 Å². The number of nitrogens with zero attached hydrogens (tertiary/aromatic N) is 2. The van der Waals surface area contributed by atoms with Crippen LogP contribution in [0.15, 0.2) is 18.2 Å². The smallest absolute Gasteiger partial charge is 0.159 e. The Labute approximate surface area is 98.2 Å². The summed E-state index contributed by atoms with van der Waals surface area (Å²) in [6.45, 7) is 4.00. The maximum Gasteiger partial charge on any atom is 0.159 e. The number of hydrogen-bond acceptors (Lipinski definition) is 3. The van der Waals surface area contributed by atoms with Crippen LogP contribution >= 0.6 is 23.2 Å². The van der Waals surface area contributed by atoms with Crippen LogP contribution in [0.1, 0.15) is 13.8 Å². The molecule has 2 rings (SSSR count). The van der Waals surface area contributed by atoms with Crippen LogP contribution in [0.2, 0.25) is 10.3 Å². The van der Waals surface area contributed by atoms with Gasteiger partial charge in [-0.1, -0.05) is 37.0 Å². The third-order valence-corrected chi connectivity index (χ3v) is 2.27. The zero-order valence-corrected chi connectivity index (χ0v) is 9.97. The fraction of sp³-hybridized carbons (Fsp3) is 0.200. The van der Waals surface area contributed by atoms with Gasteiger partial charge in [0.1, 0.15) is 0 Å². The van der Waals surface area contributed by atoms with Crippen molar-refractivity contribution in [3.8, 4) is 0 Å². The van der Waals surface area contributed by atoms with Crippen LogP contribution in [-0.2, 0) is 0 Å². The molecule has 0 fully saturated rings. The maximum atomic E-state index is 5.81. The first kappa shape index (κ1) is 12.0. The van der Waals surface area contributed by atoms with Crippen LogP contribution < -0.4 is 5.73 Å². The number of fused-ring (bicyclic) bond motifs is 1. The van der Waals surface area contributed by atoms with Crippen molar-refractivity contribution in [2.45, 2.75) is 13.8 Å². The Hall–Kier alpha value is -1.06. The predicted octanol–water partition coefficient (Wildman–Crippen LogP) is 3.55.